The molecule has 0 aromatic carbocycles. The Balaban J connectivity index is 2.02. The third-order valence-electron chi connectivity index (χ3n) is 2.97. The molecular formula is C14H19N3O2. The average Bonchev–Trinajstić information content (AvgIpc) is 2.69. The molecule has 19 heavy (non-hydrogen) atoms. The summed E-state index contributed by atoms with van der Waals surface area (Å²) >= 11 is 0. The molecule has 2 rings (SSSR count). The van der Waals surface area contributed by atoms with Crippen LogP contribution < -0.4 is 5.32 Å². The Morgan fingerprint density at radius 3 is 2.95 bits per heavy atom. The molecule has 0 aliphatic rings. The highest BCUT2D eigenvalue weighted by Gasteiger charge is 2.20. The molecule has 0 unspecified atom stereocenters. The number of carbonyl (C=O) groups excluding carboxylic acids is 1. The van der Waals surface area contributed by atoms with Crippen LogP contribution in [0.5, 0.6) is 0 Å². The maximum Gasteiger partial charge on any atom is 0.226 e. The molecule has 0 aliphatic carbocycles. The van der Waals surface area contributed by atoms with Gasteiger partial charge in [-0.05, 0) is 32.4 Å². The molecule has 102 valence electrons. The molecule has 0 radical (unpaired) electrons. The number of hydrogen-bond acceptors (Lipinski definition) is 3. The number of aliphatic hydroxyl groups excluding tert-OH is 1. The zero-order valence-electron chi connectivity index (χ0n) is 11.3. The van der Waals surface area contributed by atoms with Crippen LogP contribution >= 0.6 is 0 Å². The van der Waals surface area contributed by atoms with Gasteiger partial charge < -0.3 is 14.8 Å². The fourth-order valence-electron chi connectivity index (χ4n) is 2.00. The molecule has 2 aromatic rings. The third-order valence-corrected chi connectivity index (χ3v) is 2.97. The average molecular weight is 261 g/mol. The summed E-state index contributed by atoms with van der Waals surface area (Å²) in [6.07, 6.45) is 4.54. The van der Waals surface area contributed by atoms with Crippen LogP contribution in [0.4, 0.5) is 0 Å². The summed E-state index contributed by atoms with van der Waals surface area (Å²) in [6.45, 7) is 3.84. The summed E-state index contributed by atoms with van der Waals surface area (Å²) in [6, 6.07) is 5.73. The van der Waals surface area contributed by atoms with E-state index < -0.39 is 5.54 Å². The van der Waals surface area contributed by atoms with Crippen molar-refractivity contribution >= 4 is 11.6 Å². The number of aromatic nitrogens is 2. The SMILES string of the molecule is CC(C)(CCO)NC(=O)Cc1cn2ccccc2n1. The van der Waals surface area contributed by atoms with E-state index in [2.05, 4.69) is 10.3 Å². The highest BCUT2D eigenvalue weighted by atomic mass is 16.3. The van der Waals surface area contributed by atoms with Gasteiger partial charge >= 0.3 is 0 Å². The Hall–Kier alpha value is -1.88. The van der Waals surface area contributed by atoms with Gasteiger partial charge in [0.05, 0.1) is 12.1 Å². The summed E-state index contributed by atoms with van der Waals surface area (Å²) in [5, 5.41) is 11.8. The molecule has 0 spiro atoms. The van der Waals surface area contributed by atoms with Crippen LogP contribution in [0.1, 0.15) is 26.0 Å². The van der Waals surface area contributed by atoms with E-state index in [0.717, 1.165) is 11.3 Å². The highest BCUT2D eigenvalue weighted by Crippen LogP contribution is 2.09. The molecule has 5 nitrogen and oxygen atoms in total. The van der Waals surface area contributed by atoms with E-state index in [4.69, 9.17) is 5.11 Å². The fraction of sp³-hybridized carbons (Fsp3) is 0.429. The topological polar surface area (TPSA) is 66.6 Å². The second kappa shape index (κ2) is 5.40. The number of carbonyl (C=O) groups is 1. The van der Waals surface area contributed by atoms with Gasteiger partial charge in [-0.25, -0.2) is 4.98 Å². The van der Waals surface area contributed by atoms with Crippen molar-refractivity contribution in [3.05, 3.63) is 36.3 Å². The van der Waals surface area contributed by atoms with Crippen molar-refractivity contribution in [1.82, 2.24) is 14.7 Å². The van der Waals surface area contributed by atoms with Crippen LogP contribution in [0.3, 0.4) is 0 Å². The Labute approximate surface area is 112 Å². The molecule has 0 bridgehead atoms. The largest absolute Gasteiger partial charge is 0.396 e. The van der Waals surface area contributed by atoms with Crippen LogP contribution in [0.25, 0.3) is 5.65 Å². The molecule has 2 aromatic heterocycles. The predicted octanol–water partition coefficient (Wildman–Crippen LogP) is 1.15. The molecule has 0 atom stereocenters. The molecule has 2 N–H and O–H groups in total. The summed E-state index contributed by atoms with van der Waals surface area (Å²) in [5.41, 5.74) is 1.17. The zero-order valence-corrected chi connectivity index (χ0v) is 11.3. The van der Waals surface area contributed by atoms with Gasteiger partial charge in [0.1, 0.15) is 5.65 Å². The van der Waals surface area contributed by atoms with E-state index in [-0.39, 0.29) is 18.9 Å². The predicted molar refractivity (Wildman–Crippen MR) is 72.8 cm³/mol. The lowest BCUT2D eigenvalue weighted by atomic mass is 10.0. The molecule has 0 aliphatic heterocycles. The maximum atomic E-state index is 11.9. The van der Waals surface area contributed by atoms with Gasteiger partial charge in [0.2, 0.25) is 5.91 Å². The number of rotatable bonds is 5. The van der Waals surface area contributed by atoms with Crippen molar-refractivity contribution in [2.24, 2.45) is 0 Å². The lowest BCUT2D eigenvalue weighted by molar-refractivity contribution is -0.122. The first-order chi connectivity index (χ1) is 9.00. The normalized spacial score (nSPS) is 11.7. The number of nitrogens with zero attached hydrogens (tertiary/aromatic N) is 2. The van der Waals surface area contributed by atoms with E-state index in [9.17, 15) is 4.79 Å². The Kier molecular flexibility index (Phi) is 3.85. The summed E-state index contributed by atoms with van der Waals surface area (Å²) in [5.74, 6) is -0.0816. The second-order valence-electron chi connectivity index (χ2n) is 5.28. The standard InChI is InChI=1S/C14H19N3O2/c1-14(2,6-8-18)16-13(19)9-11-10-17-7-4-3-5-12(17)15-11/h3-5,7,10,18H,6,8-9H2,1-2H3,(H,16,19). The van der Waals surface area contributed by atoms with E-state index in [1.165, 1.54) is 0 Å². The van der Waals surface area contributed by atoms with Crippen molar-refractivity contribution in [2.45, 2.75) is 32.2 Å². The first kappa shape index (κ1) is 13.5. The minimum Gasteiger partial charge on any atom is -0.396 e. The number of amides is 1. The van der Waals surface area contributed by atoms with E-state index in [1.54, 1.807) is 0 Å². The fourth-order valence-corrected chi connectivity index (χ4v) is 2.00. The minimum atomic E-state index is -0.398. The number of imidazole rings is 1. The van der Waals surface area contributed by atoms with Crippen LogP contribution in [0, 0.1) is 0 Å². The number of aliphatic hydroxyl groups is 1. The molecule has 1 amide bonds. The highest BCUT2D eigenvalue weighted by molar-refractivity contribution is 5.79. The third kappa shape index (κ3) is 3.54. The van der Waals surface area contributed by atoms with Crippen LogP contribution in [0.15, 0.2) is 30.6 Å². The van der Waals surface area contributed by atoms with Gasteiger partial charge in [-0.15, -0.1) is 0 Å². The van der Waals surface area contributed by atoms with E-state index >= 15 is 0 Å². The van der Waals surface area contributed by atoms with Crippen molar-refractivity contribution in [3.8, 4) is 0 Å². The number of nitrogens with one attached hydrogen (secondary N) is 1. The van der Waals surface area contributed by atoms with Gasteiger partial charge in [-0.3, -0.25) is 4.79 Å². The van der Waals surface area contributed by atoms with Crippen molar-refractivity contribution < 1.29 is 9.90 Å². The van der Waals surface area contributed by atoms with Gasteiger partial charge in [0.15, 0.2) is 0 Å². The molecule has 2 heterocycles. The monoisotopic (exact) mass is 261 g/mol. The quantitative estimate of drug-likeness (QED) is 0.848. The van der Waals surface area contributed by atoms with Crippen molar-refractivity contribution in [1.29, 1.82) is 0 Å². The van der Waals surface area contributed by atoms with Crippen molar-refractivity contribution in [3.63, 3.8) is 0 Å². The molecule has 0 saturated heterocycles. The molecule has 0 fully saturated rings. The van der Waals surface area contributed by atoms with E-state index in [0.29, 0.717) is 6.42 Å². The summed E-state index contributed by atoms with van der Waals surface area (Å²) in [4.78, 5) is 16.3. The van der Waals surface area contributed by atoms with Crippen LogP contribution in [0.2, 0.25) is 0 Å². The summed E-state index contributed by atoms with van der Waals surface area (Å²) < 4.78 is 1.89. The van der Waals surface area contributed by atoms with Crippen LogP contribution in [-0.4, -0.2) is 32.5 Å². The Morgan fingerprint density at radius 1 is 1.47 bits per heavy atom. The summed E-state index contributed by atoms with van der Waals surface area (Å²) in [7, 11) is 0. The smallest absolute Gasteiger partial charge is 0.226 e. The number of hydrogen-bond donors (Lipinski definition) is 2. The Bertz CT molecular complexity index is 542. The number of fused-ring (bicyclic) bond motifs is 1. The first-order valence-electron chi connectivity index (χ1n) is 6.35. The van der Waals surface area contributed by atoms with Gasteiger partial charge in [0.25, 0.3) is 0 Å². The van der Waals surface area contributed by atoms with Gasteiger partial charge in [-0.2, -0.15) is 0 Å². The minimum absolute atomic E-state index is 0.0572. The lowest BCUT2D eigenvalue weighted by Crippen LogP contribution is -2.44. The van der Waals surface area contributed by atoms with Gasteiger partial charge in [0, 0.05) is 24.5 Å². The number of pyridine rings is 1. The van der Waals surface area contributed by atoms with Crippen LogP contribution in [-0.2, 0) is 11.2 Å². The maximum absolute atomic E-state index is 11.9. The van der Waals surface area contributed by atoms with Gasteiger partial charge in [-0.1, -0.05) is 6.07 Å². The molecule has 5 heteroatoms. The zero-order chi connectivity index (χ0) is 13.9. The van der Waals surface area contributed by atoms with E-state index in [1.807, 2.05) is 48.8 Å². The molecule has 0 saturated carbocycles. The van der Waals surface area contributed by atoms with Crippen molar-refractivity contribution in [2.75, 3.05) is 6.61 Å². The first-order valence-corrected chi connectivity index (χ1v) is 6.35. The Morgan fingerprint density at radius 2 is 2.26 bits per heavy atom. The molecular weight excluding hydrogens is 242 g/mol. The lowest BCUT2D eigenvalue weighted by Gasteiger charge is -2.25. The second-order valence-corrected chi connectivity index (χ2v) is 5.28.